The maximum absolute atomic E-state index is 4.63. The maximum atomic E-state index is 4.63. The van der Waals surface area contributed by atoms with Crippen LogP contribution in [0.3, 0.4) is 0 Å². The zero-order valence-corrected chi connectivity index (χ0v) is 15.0. The predicted molar refractivity (Wildman–Crippen MR) is 88.0 cm³/mol. The first kappa shape index (κ1) is 16.0. The fraction of sp³-hybridized carbons (Fsp3) is 0.812. The van der Waals surface area contributed by atoms with Gasteiger partial charge < -0.3 is 5.32 Å². The molecule has 1 fully saturated rings. The average Bonchev–Trinajstić information content (AvgIpc) is 3.18. The molecule has 1 aromatic heterocycles. The standard InChI is InChI=1S/C16H28BrN3/c1-6-13-15(17)14(20(5)19-13)9-16(4,11(2)3)10-18-12-7-8-12/h11-12,18H,6-10H2,1-5H3. The SMILES string of the molecule is CCc1nn(C)c(CC(C)(CNC2CC2)C(C)C)c1Br. The van der Waals surface area contributed by atoms with Crippen LogP contribution in [0.25, 0.3) is 0 Å². The lowest BCUT2D eigenvalue weighted by Gasteiger charge is -2.34. The number of rotatable bonds is 7. The molecular formula is C16H28BrN3. The van der Waals surface area contributed by atoms with Crippen molar-refractivity contribution in [2.24, 2.45) is 18.4 Å². The molecule has 0 aromatic carbocycles. The van der Waals surface area contributed by atoms with E-state index in [4.69, 9.17) is 0 Å². The zero-order valence-electron chi connectivity index (χ0n) is 13.5. The van der Waals surface area contributed by atoms with Crippen molar-refractivity contribution >= 4 is 15.9 Å². The summed E-state index contributed by atoms with van der Waals surface area (Å²) in [6, 6.07) is 0.772. The Kier molecular flexibility index (Phi) is 4.96. The lowest BCUT2D eigenvalue weighted by atomic mass is 9.75. The highest BCUT2D eigenvalue weighted by Crippen LogP contribution is 2.35. The summed E-state index contributed by atoms with van der Waals surface area (Å²) in [4.78, 5) is 0. The van der Waals surface area contributed by atoms with E-state index in [1.54, 1.807) is 0 Å². The molecule has 1 aliphatic carbocycles. The Labute approximate surface area is 131 Å². The summed E-state index contributed by atoms with van der Waals surface area (Å²) in [6.45, 7) is 10.3. The van der Waals surface area contributed by atoms with E-state index in [1.165, 1.54) is 28.7 Å². The Bertz CT molecular complexity index is 463. The Hall–Kier alpha value is -0.350. The molecule has 0 amide bonds. The summed E-state index contributed by atoms with van der Waals surface area (Å²) in [5.74, 6) is 0.639. The normalized spacial score (nSPS) is 18.6. The van der Waals surface area contributed by atoms with Gasteiger partial charge in [-0.3, -0.25) is 4.68 Å². The number of nitrogens with zero attached hydrogens (tertiary/aromatic N) is 2. The lowest BCUT2D eigenvalue weighted by Crippen LogP contribution is -2.39. The van der Waals surface area contributed by atoms with E-state index < -0.39 is 0 Å². The quantitative estimate of drug-likeness (QED) is 0.819. The maximum Gasteiger partial charge on any atom is 0.0766 e. The van der Waals surface area contributed by atoms with Gasteiger partial charge >= 0.3 is 0 Å². The van der Waals surface area contributed by atoms with Gasteiger partial charge in [-0.05, 0) is 52.9 Å². The Morgan fingerprint density at radius 3 is 2.55 bits per heavy atom. The Balaban J connectivity index is 2.16. The van der Waals surface area contributed by atoms with Crippen LogP contribution >= 0.6 is 15.9 Å². The van der Waals surface area contributed by atoms with E-state index in [0.29, 0.717) is 5.92 Å². The molecule has 1 N–H and O–H groups in total. The van der Waals surface area contributed by atoms with Crippen LogP contribution in [0, 0.1) is 11.3 Å². The first-order valence-electron chi connectivity index (χ1n) is 7.81. The van der Waals surface area contributed by atoms with Gasteiger partial charge in [0.15, 0.2) is 0 Å². The summed E-state index contributed by atoms with van der Waals surface area (Å²) < 4.78 is 3.27. The van der Waals surface area contributed by atoms with Crippen LogP contribution in [0.15, 0.2) is 4.47 Å². The van der Waals surface area contributed by atoms with Crippen molar-refractivity contribution in [2.45, 2.75) is 59.4 Å². The summed E-state index contributed by atoms with van der Waals surface area (Å²) in [5, 5.41) is 8.34. The van der Waals surface area contributed by atoms with Crippen LogP contribution in [0.1, 0.15) is 51.9 Å². The van der Waals surface area contributed by atoms with E-state index in [0.717, 1.165) is 25.4 Å². The first-order valence-corrected chi connectivity index (χ1v) is 8.60. The van der Waals surface area contributed by atoms with Gasteiger partial charge in [-0.2, -0.15) is 5.10 Å². The largest absolute Gasteiger partial charge is 0.313 e. The van der Waals surface area contributed by atoms with Gasteiger partial charge in [0.25, 0.3) is 0 Å². The molecule has 0 radical (unpaired) electrons. The van der Waals surface area contributed by atoms with Crippen molar-refractivity contribution < 1.29 is 0 Å². The van der Waals surface area contributed by atoms with Gasteiger partial charge in [0.1, 0.15) is 0 Å². The van der Waals surface area contributed by atoms with Gasteiger partial charge in [-0.15, -0.1) is 0 Å². The molecule has 2 rings (SSSR count). The highest BCUT2D eigenvalue weighted by Gasteiger charge is 2.33. The van der Waals surface area contributed by atoms with E-state index in [2.05, 4.69) is 65.8 Å². The number of hydrogen-bond donors (Lipinski definition) is 1. The van der Waals surface area contributed by atoms with E-state index >= 15 is 0 Å². The fourth-order valence-corrected chi connectivity index (χ4v) is 3.29. The molecule has 0 aliphatic heterocycles. The molecule has 1 unspecified atom stereocenters. The van der Waals surface area contributed by atoms with Gasteiger partial charge in [0.2, 0.25) is 0 Å². The minimum atomic E-state index is 0.268. The smallest absolute Gasteiger partial charge is 0.0766 e. The van der Waals surface area contributed by atoms with E-state index in [1.807, 2.05) is 0 Å². The molecule has 1 aromatic rings. The molecule has 1 saturated carbocycles. The van der Waals surface area contributed by atoms with Crippen molar-refractivity contribution in [3.05, 3.63) is 15.9 Å². The highest BCUT2D eigenvalue weighted by molar-refractivity contribution is 9.10. The summed E-state index contributed by atoms with van der Waals surface area (Å²) >= 11 is 3.75. The number of nitrogens with one attached hydrogen (secondary N) is 1. The van der Waals surface area contributed by atoms with Gasteiger partial charge in [-0.25, -0.2) is 0 Å². The molecule has 1 heterocycles. The second-order valence-corrected chi connectivity index (χ2v) is 7.62. The van der Waals surface area contributed by atoms with Gasteiger partial charge in [0.05, 0.1) is 15.9 Å². The minimum absolute atomic E-state index is 0.268. The number of hydrogen-bond acceptors (Lipinski definition) is 2. The molecule has 0 bridgehead atoms. The third-order valence-corrected chi connectivity index (χ3v) is 5.76. The molecule has 0 spiro atoms. The van der Waals surface area contributed by atoms with Crippen molar-refractivity contribution in [3.8, 4) is 0 Å². The monoisotopic (exact) mass is 341 g/mol. The van der Waals surface area contributed by atoms with E-state index in [9.17, 15) is 0 Å². The molecule has 1 atom stereocenters. The molecule has 1 aliphatic rings. The fourth-order valence-electron chi connectivity index (χ4n) is 2.53. The molecule has 3 nitrogen and oxygen atoms in total. The summed E-state index contributed by atoms with van der Waals surface area (Å²) in [6.07, 6.45) is 4.74. The van der Waals surface area contributed by atoms with Crippen molar-refractivity contribution in [1.29, 1.82) is 0 Å². The molecule has 114 valence electrons. The van der Waals surface area contributed by atoms with Crippen LogP contribution in [-0.2, 0) is 19.9 Å². The number of aromatic nitrogens is 2. The van der Waals surface area contributed by atoms with Crippen LogP contribution in [-0.4, -0.2) is 22.4 Å². The highest BCUT2D eigenvalue weighted by atomic mass is 79.9. The second kappa shape index (κ2) is 6.18. The number of halogens is 1. The second-order valence-electron chi connectivity index (χ2n) is 6.83. The van der Waals surface area contributed by atoms with Gasteiger partial charge in [0, 0.05) is 19.6 Å². The summed E-state index contributed by atoms with van der Waals surface area (Å²) in [5.41, 5.74) is 2.77. The van der Waals surface area contributed by atoms with Crippen LogP contribution in [0.5, 0.6) is 0 Å². The molecular weight excluding hydrogens is 314 g/mol. The Morgan fingerprint density at radius 2 is 2.10 bits per heavy atom. The molecule has 0 saturated heterocycles. The van der Waals surface area contributed by atoms with Crippen molar-refractivity contribution in [2.75, 3.05) is 6.54 Å². The van der Waals surface area contributed by atoms with Crippen LogP contribution in [0.4, 0.5) is 0 Å². The van der Waals surface area contributed by atoms with E-state index in [-0.39, 0.29) is 5.41 Å². The van der Waals surface area contributed by atoms with Gasteiger partial charge in [-0.1, -0.05) is 27.7 Å². The third-order valence-electron chi connectivity index (χ3n) is 4.84. The first-order chi connectivity index (χ1) is 9.37. The predicted octanol–water partition coefficient (Wildman–Crippen LogP) is 3.70. The van der Waals surface area contributed by atoms with Crippen molar-refractivity contribution in [3.63, 3.8) is 0 Å². The van der Waals surface area contributed by atoms with Crippen LogP contribution in [0.2, 0.25) is 0 Å². The molecule has 20 heavy (non-hydrogen) atoms. The van der Waals surface area contributed by atoms with Crippen LogP contribution < -0.4 is 5.32 Å². The zero-order chi connectivity index (χ0) is 14.9. The average molecular weight is 342 g/mol. The topological polar surface area (TPSA) is 29.9 Å². The summed E-state index contributed by atoms with van der Waals surface area (Å²) in [7, 11) is 2.06. The molecule has 4 heteroatoms. The van der Waals surface area contributed by atoms with Crippen molar-refractivity contribution in [1.82, 2.24) is 15.1 Å². The third kappa shape index (κ3) is 3.45. The number of aryl methyl sites for hydroxylation is 2. The lowest BCUT2D eigenvalue weighted by molar-refractivity contribution is 0.202. The minimum Gasteiger partial charge on any atom is -0.313 e. The Morgan fingerprint density at radius 1 is 1.45 bits per heavy atom.